The fraction of sp³-hybridized carbons (Fsp3) is 0.833. The SMILES string of the molecule is CC(C)c1nsc(NN2C(C)CCCC2C)n1. The van der Waals surface area contributed by atoms with Gasteiger partial charge in [0.05, 0.1) is 0 Å². The van der Waals surface area contributed by atoms with Gasteiger partial charge in [-0.2, -0.15) is 4.37 Å². The molecule has 0 amide bonds. The van der Waals surface area contributed by atoms with Crippen LogP contribution in [0.15, 0.2) is 0 Å². The van der Waals surface area contributed by atoms with Gasteiger partial charge < -0.3 is 0 Å². The summed E-state index contributed by atoms with van der Waals surface area (Å²) < 4.78 is 4.37. The summed E-state index contributed by atoms with van der Waals surface area (Å²) in [6.45, 7) is 8.79. The van der Waals surface area contributed by atoms with Crippen LogP contribution in [-0.2, 0) is 0 Å². The molecule has 4 nitrogen and oxygen atoms in total. The molecule has 1 aliphatic heterocycles. The van der Waals surface area contributed by atoms with Crippen LogP contribution in [0.5, 0.6) is 0 Å². The Morgan fingerprint density at radius 3 is 2.47 bits per heavy atom. The predicted octanol–water partition coefficient (Wildman–Crippen LogP) is 3.25. The maximum atomic E-state index is 4.53. The molecule has 96 valence electrons. The summed E-state index contributed by atoms with van der Waals surface area (Å²) in [5.41, 5.74) is 3.43. The standard InChI is InChI=1S/C12H22N4S/c1-8(2)11-13-12(17-15-11)14-16-9(3)6-5-7-10(16)4/h8-10H,5-7H2,1-4H3,(H,13,14,15). The highest BCUT2D eigenvalue weighted by Crippen LogP contribution is 2.25. The number of nitrogens with one attached hydrogen (secondary N) is 1. The smallest absolute Gasteiger partial charge is 0.217 e. The number of aromatic nitrogens is 2. The molecule has 1 N–H and O–H groups in total. The molecule has 0 saturated carbocycles. The first-order valence-corrected chi connectivity index (χ1v) is 7.24. The van der Waals surface area contributed by atoms with Gasteiger partial charge in [0, 0.05) is 29.5 Å². The molecule has 0 radical (unpaired) electrons. The number of hydrogen-bond acceptors (Lipinski definition) is 5. The Kier molecular flexibility index (Phi) is 3.99. The van der Waals surface area contributed by atoms with E-state index in [1.807, 2.05) is 0 Å². The Balaban J connectivity index is 2.03. The van der Waals surface area contributed by atoms with Gasteiger partial charge in [0.25, 0.3) is 0 Å². The van der Waals surface area contributed by atoms with Gasteiger partial charge in [-0.3, -0.25) is 5.43 Å². The van der Waals surface area contributed by atoms with Crippen LogP contribution in [0.4, 0.5) is 5.13 Å². The Bertz CT molecular complexity index is 353. The molecule has 1 aromatic heterocycles. The van der Waals surface area contributed by atoms with E-state index in [0.29, 0.717) is 18.0 Å². The molecular weight excluding hydrogens is 232 g/mol. The highest BCUT2D eigenvalue weighted by Gasteiger charge is 2.25. The first kappa shape index (κ1) is 12.8. The van der Waals surface area contributed by atoms with Crippen molar-refractivity contribution >= 4 is 16.7 Å². The van der Waals surface area contributed by atoms with Gasteiger partial charge in [0.1, 0.15) is 5.82 Å². The van der Waals surface area contributed by atoms with Gasteiger partial charge >= 0.3 is 0 Å². The summed E-state index contributed by atoms with van der Waals surface area (Å²) in [4.78, 5) is 4.53. The fourth-order valence-corrected chi connectivity index (χ4v) is 2.98. The number of nitrogens with zero attached hydrogens (tertiary/aromatic N) is 3. The van der Waals surface area contributed by atoms with Crippen molar-refractivity contribution in [2.75, 3.05) is 5.43 Å². The van der Waals surface area contributed by atoms with Gasteiger partial charge in [0.2, 0.25) is 5.13 Å². The van der Waals surface area contributed by atoms with Gasteiger partial charge in [-0.25, -0.2) is 9.99 Å². The third-order valence-corrected chi connectivity index (χ3v) is 4.01. The number of rotatable bonds is 3. The summed E-state index contributed by atoms with van der Waals surface area (Å²) in [6, 6.07) is 1.15. The molecule has 2 heterocycles. The lowest BCUT2D eigenvalue weighted by atomic mass is 10.00. The van der Waals surface area contributed by atoms with Crippen molar-refractivity contribution in [1.29, 1.82) is 0 Å². The Morgan fingerprint density at radius 2 is 1.94 bits per heavy atom. The maximum absolute atomic E-state index is 4.53. The van der Waals surface area contributed by atoms with Gasteiger partial charge in [0.15, 0.2) is 0 Å². The molecule has 0 bridgehead atoms. The topological polar surface area (TPSA) is 41.1 Å². The molecule has 0 spiro atoms. The molecule has 2 unspecified atom stereocenters. The number of hydrogen-bond donors (Lipinski definition) is 1. The van der Waals surface area contributed by atoms with Crippen LogP contribution in [0.2, 0.25) is 0 Å². The van der Waals surface area contributed by atoms with Crippen LogP contribution in [0.3, 0.4) is 0 Å². The summed E-state index contributed by atoms with van der Waals surface area (Å²) in [5.74, 6) is 1.34. The Labute approximate surface area is 108 Å². The molecule has 0 aromatic carbocycles. The highest BCUT2D eigenvalue weighted by molar-refractivity contribution is 7.09. The zero-order valence-corrected chi connectivity index (χ0v) is 11.9. The average Bonchev–Trinajstić information content (AvgIpc) is 2.72. The monoisotopic (exact) mass is 254 g/mol. The van der Waals surface area contributed by atoms with E-state index < -0.39 is 0 Å². The maximum Gasteiger partial charge on any atom is 0.217 e. The van der Waals surface area contributed by atoms with Crippen LogP contribution < -0.4 is 5.43 Å². The second kappa shape index (κ2) is 5.31. The average molecular weight is 254 g/mol. The van der Waals surface area contributed by atoms with Crippen molar-refractivity contribution in [3.8, 4) is 0 Å². The summed E-state index contributed by atoms with van der Waals surface area (Å²) in [7, 11) is 0. The van der Waals surface area contributed by atoms with E-state index in [4.69, 9.17) is 0 Å². The minimum atomic E-state index is 0.401. The fourth-order valence-electron chi connectivity index (χ4n) is 2.27. The number of piperidine rings is 1. The zero-order valence-electron chi connectivity index (χ0n) is 11.1. The van der Waals surface area contributed by atoms with E-state index in [-0.39, 0.29) is 0 Å². The van der Waals surface area contributed by atoms with E-state index in [1.165, 1.54) is 30.8 Å². The van der Waals surface area contributed by atoms with Crippen molar-refractivity contribution in [2.45, 2.75) is 65.0 Å². The lowest BCUT2D eigenvalue weighted by Crippen LogP contribution is -2.47. The van der Waals surface area contributed by atoms with Crippen LogP contribution in [0, 0.1) is 0 Å². The molecule has 1 saturated heterocycles. The van der Waals surface area contributed by atoms with E-state index in [1.54, 1.807) is 0 Å². The summed E-state index contributed by atoms with van der Waals surface area (Å²) >= 11 is 1.46. The third kappa shape index (κ3) is 2.96. The molecule has 0 aliphatic carbocycles. The van der Waals surface area contributed by atoms with Crippen LogP contribution >= 0.6 is 11.5 Å². The normalized spacial score (nSPS) is 26.4. The number of hydrazine groups is 1. The molecule has 1 aliphatic rings. The van der Waals surface area contributed by atoms with Gasteiger partial charge in [-0.15, -0.1) is 0 Å². The molecular formula is C12H22N4S. The van der Waals surface area contributed by atoms with E-state index in [0.717, 1.165) is 11.0 Å². The largest absolute Gasteiger partial charge is 0.293 e. The molecule has 17 heavy (non-hydrogen) atoms. The van der Waals surface area contributed by atoms with Crippen LogP contribution in [0.1, 0.15) is 58.7 Å². The minimum absolute atomic E-state index is 0.401. The van der Waals surface area contributed by atoms with Crippen molar-refractivity contribution in [1.82, 2.24) is 14.4 Å². The van der Waals surface area contributed by atoms with E-state index in [9.17, 15) is 0 Å². The van der Waals surface area contributed by atoms with Crippen molar-refractivity contribution in [3.05, 3.63) is 5.82 Å². The van der Waals surface area contributed by atoms with Gasteiger partial charge in [-0.05, 0) is 26.7 Å². The molecule has 1 aromatic rings. The quantitative estimate of drug-likeness (QED) is 0.899. The second-order valence-corrected chi connectivity index (χ2v) is 6.01. The Morgan fingerprint density at radius 1 is 1.29 bits per heavy atom. The highest BCUT2D eigenvalue weighted by atomic mass is 32.1. The van der Waals surface area contributed by atoms with Crippen LogP contribution in [-0.4, -0.2) is 26.5 Å². The Hall–Kier alpha value is -0.680. The third-order valence-electron chi connectivity index (χ3n) is 3.38. The summed E-state index contributed by atoms with van der Waals surface area (Å²) in [5, 5.41) is 3.25. The zero-order chi connectivity index (χ0) is 12.4. The van der Waals surface area contributed by atoms with E-state index in [2.05, 4.69) is 47.5 Å². The molecule has 1 fully saturated rings. The predicted molar refractivity (Wildman–Crippen MR) is 72.2 cm³/mol. The van der Waals surface area contributed by atoms with E-state index >= 15 is 0 Å². The lowest BCUT2D eigenvalue weighted by molar-refractivity contribution is 0.135. The van der Waals surface area contributed by atoms with Crippen LogP contribution in [0.25, 0.3) is 0 Å². The molecule has 2 atom stereocenters. The molecule has 2 rings (SSSR count). The van der Waals surface area contributed by atoms with Crippen molar-refractivity contribution < 1.29 is 0 Å². The second-order valence-electron chi connectivity index (χ2n) is 5.26. The van der Waals surface area contributed by atoms with Crippen molar-refractivity contribution in [2.24, 2.45) is 0 Å². The minimum Gasteiger partial charge on any atom is -0.293 e. The lowest BCUT2D eigenvalue weighted by Gasteiger charge is -2.38. The molecule has 5 heteroatoms. The summed E-state index contributed by atoms with van der Waals surface area (Å²) in [6.07, 6.45) is 3.84. The first-order valence-electron chi connectivity index (χ1n) is 6.46. The van der Waals surface area contributed by atoms with Crippen molar-refractivity contribution in [3.63, 3.8) is 0 Å². The first-order chi connectivity index (χ1) is 8.08. The number of anilines is 1. The van der Waals surface area contributed by atoms with Gasteiger partial charge in [-0.1, -0.05) is 20.3 Å².